The quantitative estimate of drug-likeness (QED) is 0.933. The maximum absolute atomic E-state index is 12.2. The van der Waals surface area contributed by atoms with Crippen LogP contribution in [-0.4, -0.2) is 35.0 Å². The van der Waals surface area contributed by atoms with Crippen LogP contribution in [0.5, 0.6) is 0 Å². The molecule has 1 N–H and O–H groups in total. The highest BCUT2D eigenvalue weighted by Crippen LogP contribution is 2.24. The first-order chi connectivity index (χ1) is 9.79. The molecule has 0 atom stereocenters. The zero-order valence-corrected chi connectivity index (χ0v) is 12.8. The van der Waals surface area contributed by atoms with Crippen LogP contribution in [0.25, 0.3) is 5.69 Å². The van der Waals surface area contributed by atoms with Crippen molar-refractivity contribution in [2.75, 3.05) is 5.75 Å². The summed E-state index contributed by atoms with van der Waals surface area (Å²) in [5, 5.41) is 13.4. The molecule has 0 spiro atoms. The third-order valence-corrected chi connectivity index (χ3v) is 5.09. The van der Waals surface area contributed by atoms with E-state index in [4.69, 9.17) is 0 Å². The molecular weight excluding hydrogens is 292 g/mol. The van der Waals surface area contributed by atoms with Gasteiger partial charge in [0.25, 0.3) is 0 Å². The molecule has 0 fully saturated rings. The number of nitrogens with zero attached hydrogens (tertiary/aromatic N) is 2. The number of hydrogen-bond acceptors (Lipinski definition) is 4. The molecule has 0 radical (unpaired) electrons. The molecule has 1 aromatic carbocycles. The highest BCUT2D eigenvalue weighted by atomic mass is 32.2. The second-order valence-corrected chi connectivity index (χ2v) is 6.88. The van der Waals surface area contributed by atoms with Gasteiger partial charge >= 0.3 is 5.97 Å². The first-order valence-electron chi connectivity index (χ1n) is 6.41. The summed E-state index contributed by atoms with van der Waals surface area (Å²) in [6, 6.07) is 6.45. The van der Waals surface area contributed by atoms with Crippen molar-refractivity contribution in [1.82, 2.24) is 9.78 Å². The summed E-state index contributed by atoms with van der Waals surface area (Å²) in [4.78, 5) is 11.4. The lowest BCUT2D eigenvalue weighted by Crippen LogP contribution is -2.11. The van der Waals surface area contributed by atoms with Crippen LogP contribution in [0.1, 0.15) is 28.7 Å². The van der Waals surface area contributed by atoms with Gasteiger partial charge in [-0.3, -0.25) is 0 Å². The first-order valence-corrected chi connectivity index (χ1v) is 8.06. The molecule has 21 heavy (non-hydrogen) atoms. The number of aromatic carboxylic acids is 1. The summed E-state index contributed by atoms with van der Waals surface area (Å²) < 4.78 is 25.7. The van der Waals surface area contributed by atoms with Crippen molar-refractivity contribution in [3.63, 3.8) is 0 Å². The highest BCUT2D eigenvalue weighted by Gasteiger charge is 2.23. The van der Waals surface area contributed by atoms with Gasteiger partial charge in [-0.05, 0) is 26.0 Å². The second kappa shape index (κ2) is 5.33. The SMILES string of the molecule is CCS(=O)(=O)c1ccccc1-n1nc(C)c(C(=O)O)c1C. The molecule has 0 aliphatic carbocycles. The molecule has 7 heteroatoms. The van der Waals surface area contributed by atoms with Crippen LogP contribution in [0, 0.1) is 13.8 Å². The van der Waals surface area contributed by atoms with Gasteiger partial charge in [-0.1, -0.05) is 19.1 Å². The topological polar surface area (TPSA) is 89.3 Å². The van der Waals surface area contributed by atoms with Gasteiger partial charge < -0.3 is 5.11 Å². The Morgan fingerprint density at radius 3 is 2.43 bits per heavy atom. The molecule has 0 unspecified atom stereocenters. The molecule has 2 aromatic rings. The Morgan fingerprint density at radius 1 is 1.29 bits per heavy atom. The van der Waals surface area contributed by atoms with Crippen molar-refractivity contribution in [2.45, 2.75) is 25.7 Å². The maximum Gasteiger partial charge on any atom is 0.339 e. The zero-order chi connectivity index (χ0) is 15.8. The van der Waals surface area contributed by atoms with Crippen molar-refractivity contribution in [2.24, 2.45) is 0 Å². The van der Waals surface area contributed by atoms with Gasteiger partial charge in [-0.2, -0.15) is 5.10 Å². The lowest BCUT2D eigenvalue weighted by Gasteiger charge is -2.10. The van der Waals surface area contributed by atoms with Gasteiger partial charge in [0.1, 0.15) is 5.56 Å². The van der Waals surface area contributed by atoms with Crippen LogP contribution < -0.4 is 0 Å². The Kier molecular flexibility index (Phi) is 3.87. The number of para-hydroxylation sites is 1. The zero-order valence-electron chi connectivity index (χ0n) is 12.0. The number of benzene rings is 1. The van der Waals surface area contributed by atoms with E-state index in [0.717, 1.165) is 0 Å². The van der Waals surface area contributed by atoms with Crippen molar-refractivity contribution in [1.29, 1.82) is 0 Å². The number of rotatable bonds is 4. The van der Waals surface area contributed by atoms with Crippen molar-refractivity contribution >= 4 is 15.8 Å². The minimum atomic E-state index is -3.43. The number of aryl methyl sites for hydroxylation is 1. The van der Waals surface area contributed by atoms with Gasteiger partial charge in [-0.25, -0.2) is 17.9 Å². The second-order valence-electron chi connectivity index (χ2n) is 4.63. The standard InChI is InChI=1S/C14H16N2O4S/c1-4-21(19,20)12-8-6-5-7-11(12)16-10(3)13(14(17)18)9(2)15-16/h5-8H,4H2,1-3H3,(H,17,18). The third-order valence-electron chi connectivity index (χ3n) is 3.31. The summed E-state index contributed by atoms with van der Waals surface area (Å²) in [5.41, 5.74) is 1.22. The number of aromatic nitrogens is 2. The van der Waals surface area contributed by atoms with Crippen molar-refractivity contribution in [3.8, 4) is 5.69 Å². The van der Waals surface area contributed by atoms with Crippen LogP contribution >= 0.6 is 0 Å². The molecule has 0 aliphatic heterocycles. The molecular formula is C14H16N2O4S. The average molecular weight is 308 g/mol. The molecule has 1 heterocycles. The van der Waals surface area contributed by atoms with Crippen LogP contribution in [0.15, 0.2) is 29.2 Å². The van der Waals surface area contributed by atoms with Crippen LogP contribution in [0.2, 0.25) is 0 Å². The Balaban J connectivity index is 2.76. The molecule has 2 rings (SSSR count). The van der Waals surface area contributed by atoms with Crippen LogP contribution in [0.4, 0.5) is 0 Å². The van der Waals surface area contributed by atoms with Gasteiger partial charge in [0, 0.05) is 0 Å². The van der Waals surface area contributed by atoms with E-state index in [2.05, 4.69) is 5.10 Å². The number of carboxylic acid groups (broad SMARTS) is 1. The van der Waals surface area contributed by atoms with Gasteiger partial charge in [0.15, 0.2) is 9.84 Å². The third kappa shape index (κ3) is 2.56. The van der Waals surface area contributed by atoms with E-state index >= 15 is 0 Å². The number of carboxylic acids is 1. The minimum Gasteiger partial charge on any atom is -0.478 e. The van der Waals surface area contributed by atoms with E-state index in [9.17, 15) is 18.3 Å². The number of sulfone groups is 1. The van der Waals surface area contributed by atoms with E-state index in [-0.39, 0.29) is 16.2 Å². The summed E-state index contributed by atoms with van der Waals surface area (Å²) in [6.07, 6.45) is 0. The van der Waals surface area contributed by atoms with E-state index in [1.54, 1.807) is 39.0 Å². The van der Waals surface area contributed by atoms with Gasteiger partial charge in [-0.15, -0.1) is 0 Å². The van der Waals surface area contributed by atoms with E-state index in [0.29, 0.717) is 17.1 Å². The Labute approximate surface area is 123 Å². The Morgan fingerprint density at radius 2 is 1.90 bits per heavy atom. The minimum absolute atomic E-state index is 0.0326. The maximum atomic E-state index is 12.2. The van der Waals surface area contributed by atoms with Crippen LogP contribution in [-0.2, 0) is 9.84 Å². The average Bonchev–Trinajstić information content (AvgIpc) is 2.74. The fourth-order valence-corrected chi connectivity index (χ4v) is 3.31. The monoisotopic (exact) mass is 308 g/mol. The Bertz CT molecular complexity index is 806. The number of hydrogen-bond donors (Lipinski definition) is 1. The van der Waals surface area contributed by atoms with E-state index < -0.39 is 15.8 Å². The fourth-order valence-electron chi connectivity index (χ4n) is 2.24. The van der Waals surface area contributed by atoms with E-state index in [1.807, 2.05) is 0 Å². The smallest absolute Gasteiger partial charge is 0.339 e. The number of carbonyl (C=O) groups is 1. The van der Waals surface area contributed by atoms with Gasteiger partial charge in [0.2, 0.25) is 0 Å². The predicted octanol–water partition coefficient (Wildman–Crippen LogP) is 1.98. The summed E-state index contributed by atoms with van der Waals surface area (Å²) >= 11 is 0. The van der Waals surface area contributed by atoms with Crippen molar-refractivity contribution in [3.05, 3.63) is 41.2 Å². The van der Waals surface area contributed by atoms with E-state index in [1.165, 1.54) is 10.7 Å². The summed E-state index contributed by atoms with van der Waals surface area (Å²) in [7, 11) is -3.43. The molecule has 0 bridgehead atoms. The van der Waals surface area contributed by atoms with Gasteiger partial charge in [0.05, 0.1) is 27.7 Å². The molecule has 0 amide bonds. The summed E-state index contributed by atoms with van der Waals surface area (Å²) in [6.45, 7) is 4.76. The Hall–Kier alpha value is -2.15. The molecule has 1 aromatic heterocycles. The predicted molar refractivity (Wildman–Crippen MR) is 77.7 cm³/mol. The molecule has 0 saturated carbocycles. The molecule has 112 valence electrons. The molecule has 0 aliphatic rings. The largest absolute Gasteiger partial charge is 0.478 e. The highest BCUT2D eigenvalue weighted by molar-refractivity contribution is 7.91. The summed E-state index contributed by atoms with van der Waals surface area (Å²) in [5.74, 6) is -1.11. The molecule has 6 nitrogen and oxygen atoms in total. The lowest BCUT2D eigenvalue weighted by atomic mass is 10.2. The first kappa shape index (κ1) is 15.2. The van der Waals surface area contributed by atoms with Crippen molar-refractivity contribution < 1.29 is 18.3 Å². The fraction of sp³-hybridized carbons (Fsp3) is 0.286. The normalized spacial score (nSPS) is 11.6. The van der Waals surface area contributed by atoms with Crippen LogP contribution in [0.3, 0.4) is 0 Å². The lowest BCUT2D eigenvalue weighted by molar-refractivity contribution is 0.0695. The molecule has 0 saturated heterocycles.